The van der Waals surface area contributed by atoms with Crippen molar-refractivity contribution < 1.29 is 23.0 Å². The van der Waals surface area contributed by atoms with Gasteiger partial charge in [0.25, 0.3) is 0 Å². The average Bonchev–Trinajstić information content (AvgIpc) is 2.82. The van der Waals surface area contributed by atoms with Gasteiger partial charge in [-0.1, -0.05) is 45.7 Å². The summed E-state index contributed by atoms with van der Waals surface area (Å²) < 4.78 is 29.8. The monoisotopic (exact) mass is 420 g/mol. The zero-order chi connectivity index (χ0) is 15.0. The maximum absolute atomic E-state index is 11.9. The lowest BCUT2D eigenvalue weighted by atomic mass is 10.1. The zero-order valence-corrected chi connectivity index (χ0v) is 15.2. The van der Waals surface area contributed by atoms with Crippen LogP contribution in [0.25, 0.3) is 0 Å². The van der Waals surface area contributed by atoms with E-state index >= 15 is 0 Å². The second-order valence-electron chi connectivity index (χ2n) is 5.04. The number of hydrogen-bond donors (Lipinski definition) is 1. The fourth-order valence-corrected chi connectivity index (χ4v) is 3.90. The van der Waals surface area contributed by atoms with Gasteiger partial charge in [0, 0.05) is 13.0 Å². The molecule has 0 aliphatic heterocycles. The predicted molar refractivity (Wildman–Crippen MR) is 79.5 cm³/mol. The Morgan fingerprint density at radius 1 is 1.53 bits per heavy atom. The van der Waals surface area contributed by atoms with E-state index < -0.39 is 19.7 Å². The van der Waals surface area contributed by atoms with Crippen LogP contribution in [0.3, 0.4) is 0 Å². The van der Waals surface area contributed by atoms with Crippen LogP contribution in [-0.4, -0.2) is 37.1 Å². The Kier molecular flexibility index (Phi) is 5.63. The van der Waals surface area contributed by atoms with E-state index in [1.165, 1.54) is 7.11 Å². The van der Waals surface area contributed by atoms with Crippen molar-refractivity contribution in [1.29, 1.82) is 0 Å². The van der Waals surface area contributed by atoms with Crippen LogP contribution in [0.15, 0.2) is 0 Å². The minimum atomic E-state index is -2.20. The highest BCUT2D eigenvalue weighted by atomic mass is 79.9. The summed E-state index contributed by atoms with van der Waals surface area (Å²) in [5, 5.41) is 0. The molecule has 0 amide bonds. The van der Waals surface area contributed by atoms with Gasteiger partial charge >= 0.3 is 5.97 Å². The van der Waals surface area contributed by atoms with Gasteiger partial charge < -0.3 is 14.0 Å². The molecule has 0 saturated heterocycles. The van der Waals surface area contributed by atoms with E-state index in [1.807, 2.05) is 13.8 Å². The number of methoxy groups -OCH3 is 1. The van der Waals surface area contributed by atoms with Gasteiger partial charge in [0.1, 0.15) is 6.10 Å². The Morgan fingerprint density at radius 2 is 2.05 bits per heavy atom. The third-order valence-corrected chi connectivity index (χ3v) is 6.86. The molecule has 1 aliphatic carbocycles. The van der Waals surface area contributed by atoms with Crippen LogP contribution in [0, 0.1) is 17.3 Å². The van der Waals surface area contributed by atoms with E-state index in [0.29, 0.717) is 6.61 Å². The summed E-state index contributed by atoms with van der Waals surface area (Å²) >= 11 is 4.15. The number of ether oxygens (including phenoxy) is 2. The zero-order valence-electron chi connectivity index (χ0n) is 11.2. The highest BCUT2D eigenvalue weighted by Gasteiger charge is 2.69. The first-order valence-electron chi connectivity index (χ1n) is 5.80. The van der Waals surface area contributed by atoms with Crippen molar-refractivity contribution in [3.05, 3.63) is 0 Å². The fourth-order valence-electron chi connectivity index (χ4n) is 2.52. The lowest BCUT2D eigenvalue weighted by Gasteiger charge is -2.27. The standard InChI is InChI=1S/C11H18Br2O5S/c1-5-18-9(14)7-6(10(7,2)3)8(17-4)11(12,13)19(15)16/h6-8H,5H2,1-4H3,(H,15,16). The first-order valence-corrected chi connectivity index (χ1v) is 8.49. The maximum atomic E-state index is 11.9. The van der Waals surface area contributed by atoms with Crippen LogP contribution < -0.4 is 0 Å². The SMILES string of the molecule is CCOC(=O)C1C(C(OC)C(Br)(Br)S(=O)O)C1(C)C. The van der Waals surface area contributed by atoms with Gasteiger partial charge in [0.05, 0.1) is 12.5 Å². The molecule has 4 atom stereocenters. The van der Waals surface area contributed by atoms with Crippen LogP contribution in [0.4, 0.5) is 0 Å². The van der Waals surface area contributed by atoms with E-state index in [4.69, 9.17) is 9.47 Å². The summed E-state index contributed by atoms with van der Waals surface area (Å²) in [5.41, 5.74) is -0.334. The van der Waals surface area contributed by atoms with Crippen molar-refractivity contribution in [2.75, 3.05) is 13.7 Å². The number of carbonyl (C=O) groups is 1. The Hall–Kier alpha value is 0.500. The quantitative estimate of drug-likeness (QED) is 0.405. The third kappa shape index (κ3) is 3.23. The number of rotatable bonds is 6. The van der Waals surface area contributed by atoms with Crippen LogP contribution in [0.2, 0.25) is 0 Å². The number of alkyl halides is 2. The summed E-state index contributed by atoms with van der Waals surface area (Å²) in [5.74, 6) is -0.833. The van der Waals surface area contributed by atoms with Gasteiger partial charge in [-0.15, -0.1) is 0 Å². The highest BCUT2D eigenvalue weighted by molar-refractivity contribution is 9.27. The van der Waals surface area contributed by atoms with E-state index in [9.17, 15) is 13.6 Å². The Bertz CT molecular complexity index is 385. The van der Waals surface area contributed by atoms with E-state index in [1.54, 1.807) is 6.92 Å². The van der Waals surface area contributed by atoms with Crippen molar-refractivity contribution in [1.82, 2.24) is 0 Å². The largest absolute Gasteiger partial charge is 0.466 e. The van der Waals surface area contributed by atoms with Crippen molar-refractivity contribution in [3.63, 3.8) is 0 Å². The molecule has 1 rings (SSSR count). The molecule has 1 fully saturated rings. The summed E-state index contributed by atoms with van der Waals surface area (Å²) in [6, 6.07) is 0. The molecule has 0 spiro atoms. The minimum absolute atomic E-state index is 0.202. The minimum Gasteiger partial charge on any atom is -0.466 e. The third-order valence-electron chi connectivity index (χ3n) is 3.60. The molecule has 0 aromatic heterocycles. The van der Waals surface area contributed by atoms with Gasteiger partial charge in [-0.3, -0.25) is 4.79 Å². The van der Waals surface area contributed by atoms with Crippen molar-refractivity contribution in [2.45, 2.75) is 29.4 Å². The van der Waals surface area contributed by atoms with Crippen LogP contribution in [-0.2, 0) is 25.3 Å². The van der Waals surface area contributed by atoms with Crippen molar-refractivity contribution in [2.24, 2.45) is 17.3 Å². The molecule has 112 valence electrons. The van der Waals surface area contributed by atoms with Crippen LogP contribution >= 0.6 is 31.9 Å². The van der Waals surface area contributed by atoms with Gasteiger partial charge in [-0.2, -0.15) is 0 Å². The fraction of sp³-hybridized carbons (Fsp3) is 0.909. The summed E-state index contributed by atoms with van der Waals surface area (Å²) in [6.45, 7) is 5.90. The first-order chi connectivity index (χ1) is 8.62. The molecule has 4 unspecified atom stereocenters. The highest BCUT2D eigenvalue weighted by Crippen LogP contribution is 2.64. The lowest BCUT2D eigenvalue weighted by Crippen LogP contribution is -2.39. The van der Waals surface area contributed by atoms with Gasteiger partial charge in [0.15, 0.2) is 11.1 Å². The molecule has 0 radical (unpaired) electrons. The first kappa shape index (κ1) is 17.6. The molecule has 5 nitrogen and oxygen atoms in total. The van der Waals surface area contributed by atoms with E-state index in [0.717, 1.165) is 0 Å². The Morgan fingerprint density at radius 3 is 2.42 bits per heavy atom. The van der Waals surface area contributed by atoms with Gasteiger partial charge in [0.2, 0.25) is 2.57 Å². The molecule has 1 aliphatic rings. The Balaban J connectivity index is 2.96. The molecule has 0 aromatic rings. The lowest BCUT2D eigenvalue weighted by molar-refractivity contribution is -0.146. The molecule has 19 heavy (non-hydrogen) atoms. The summed E-state index contributed by atoms with van der Waals surface area (Å²) in [4.78, 5) is 11.9. The molecule has 0 bridgehead atoms. The topological polar surface area (TPSA) is 72.8 Å². The smallest absolute Gasteiger partial charge is 0.309 e. The Labute approximate surface area is 132 Å². The van der Waals surface area contributed by atoms with Gasteiger partial charge in [-0.25, -0.2) is 4.21 Å². The van der Waals surface area contributed by atoms with Crippen molar-refractivity contribution >= 4 is 48.9 Å². The van der Waals surface area contributed by atoms with E-state index in [2.05, 4.69) is 31.9 Å². The van der Waals surface area contributed by atoms with E-state index in [-0.39, 0.29) is 23.2 Å². The molecular formula is C11H18Br2O5S. The van der Waals surface area contributed by atoms with Crippen LogP contribution in [0.1, 0.15) is 20.8 Å². The molecule has 1 saturated carbocycles. The van der Waals surface area contributed by atoms with Crippen LogP contribution in [0.5, 0.6) is 0 Å². The number of hydrogen-bond acceptors (Lipinski definition) is 4. The average molecular weight is 422 g/mol. The molecule has 0 heterocycles. The molecule has 1 N–H and O–H groups in total. The summed E-state index contributed by atoms with van der Waals surface area (Å²) in [6.07, 6.45) is -0.636. The van der Waals surface area contributed by atoms with Crippen molar-refractivity contribution in [3.8, 4) is 0 Å². The number of halogens is 2. The second kappa shape index (κ2) is 6.09. The van der Waals surface area contributed by atoms with Gasteiger partial charge in [-0.05, 0) is 12.3 Å². The maximum Gasteiger partial charge on any atom is 0.309 e. The summed E-state index contributed by atoms with van der Waals surface area (Å²) in [7, 11) is 1.45. The number of carbonyl (C=O) groups excluding carboxylic acids is 1. The molecule has 8 heteroatoms. The predicted octanol–water partition coefficient (Wildman–Crippen LogP) is 2.50. The molecular weight excluding hydrogens is 404 g/mol. The normalized spacial score (nSPS) is 28.6. The number of esters is 1. The molecule has 0 aromatic carbocycles. The second-order valence-corrected chi connectivity index (χ2v) is 10.8.